The number of aliphatic hydroxyl groups is 1. The maximum Gasteiger partial charge on any atom is 0.295 e. The van der Waals surface area contributed by atoms with E-state index in [-0.39, 0.29) is 11.3 Å². The Hall–Kier alpha value is -2.44. The molecule has 5 nitrogen and oxygen atoms in total. The van der Waals surface area contributed by atoms with Crippen LogP contribution in [-0.4, -0.2) is 42.0 Å². The number of thiophene rings is 1. The average molecular weight is 371 g/mol. The fourth-order valence-corrected chi connectivity index (χ4v) is 4.23. The molecule has 1 aromatic carbocycles. The third-order valence-corrected chi connectivity index (χ3v) is 5.56. The van der Waals surface area contributed by atoms with Crippen LogP contribution in [-0.2, 0) is 14.3 Å². The Morgan fingerprint density at radius 2 is 1.96 bits per heavy atom. The topological polar surface area (TPSA) is 66.8 Å². The number of carbonyl (C=O) groups excluding carboxylic acids is 2. The molecule has 26 heavy (non-hydrogen) atoms. The molecule has 1 saturated heterocycles. The van der Waals surface area contributed by atoms with Gasteiger partial charge in [0.15, 0.2) is 0 Å². The summed E-state index contributed by atoms with van der Waals surface area (Å²) in [4.78, 5) is 27.9. The Morgan fingerprint density at radius 3 is 2.58 bits per heavy atom. The molecule has 1 fully saturated rings. The standard InChI is InChI=1S/C20H21NO4S/c1-13-9-12-26-19(13)16-15(17(22)14-7-4-3-5-8-14)18(23)20(24)21(16)10-6-11-25-2/h3-5,7-9,12,16,22H,6,10-11H2,1-2H3/b17-15-. The summed E-state index contributed by atoms with van der Waals surface area (Å²) in [5.74, 6) is -1.34. The summed E-state index contributed by atoms with van der Waals surface area (Å²) < 4.78 is 5.08. The van der Waals surface area contributed by atoms with Gasteiger partial charge in [0.25, 0.3) is 11.7 Å². The zero-order valence-electron chi connectivity index (χ0n) is 14.8. The quantitative estimate of drug-likeness (QED) is 0.365. The van der Waals surface area contributed by atoms with Crippen molar-refractivity contribution < 1.29 is 19.4 Å². The summed E-state index contributed by atoms with van der Waals surface area (Å²) in [6, 6.07) is 10.3. The molecule has 1 aromatic heterocycles. The molecule has 1 atom stereocenters. The van der Waals surface area contributed by atoms with Crippen LogP contribution in [0.4, 0.5) is 0 Å². The Balaban J connectivity index is 2.10. The molecule has 1 unspecified atom stereocenters. The van der Waals surface area contributed by atoms with Crippen molar-refractivity contribution in [3.8, 4) is 0 Å². The van der Waals surface area contributed by atoms with Gasteiger partial charge in [-0.1, -0.05) is 30.3 Å². The summed E-state index contributed by atoms with van der Waals surface area (Å²) in [7, 11) is 1.60. The molecule has 0 bridgehead atoms. The van der Waals surface area contributed by atoms with Crippen molar-refractivity contribution in [1.29, 1.82) is 0 Å². The van der Waals surface area contributed by atoms with Gasteiger partial charge in [-0.3, -0.25) is 9.59 Å². The van der Waals surface area contributed by atoms with Gasteiger partial charge in [0.2, 0.25) is 0 Å². The molecule has 1 aliphatic heterocycles. The number of methoxy groups -OCH3 is 1. The van der Waals surface area contributed by atoms with Gasteiger partial charge in [-0.15, -0.1) is 11.3 Å². The molecule has 3 rings (SSSR count). The molecule has 0 saturated carbocycles. The van der Waals surface area contributed by atoms with E-state index < -0.39 is 17.7 Å². The lowest BCUT2D eigenvalue weighted by Gasteiger charge is -2.24. The fourth-order valence-electron chi connectivity index (χ4n) is 3.18. The van der Waals surface area contributed by atoms with Gasteiger partial charge in [-0.25, -0.2) is 0 Å². The Bertz CT molecular complexity index is 841. The lowest BCUT2D eigenvalue weighted by Crippen LogP contribution is -2.31. The van der Waals surface area contributed by atoms with E-state index in [1.807, 2.05) is 24.4 Å². The molecule has 2 heterocycles. The van der Waals surface area contributed by atoms with Crippen LogP contribution < -0.4 is 0 Å². The number of aliphatic hydroxyl groups excluding tert-OH is 1. The molecule has 136 valence electrons. The van der Waals surface area contributed by atoms with Gasteiger partial charge < -0.3 is 14.7 Å². The molecule has 2 aromatic rings. The van der Waals surface area contributed by atoms with Crippen LogP contribution in [0.2, 0.25) is 0 Å². The van der Waals surface area contributed by atoms with Gasteiger partial charge in [0.1, 0.15) is 5.76 Å². The number of amides is 1. The third kappa shape index (κ3) is 3.30. The zero-order chi connectivity index (χ0) is 18.7. The highest BCUT2D eigenvalue weighted by Gasteiger charge is 2.46. The predicted octanol–water partition coefficient (Wildman–Crippen LogP) is 3.51. The summed E-state index contributed by atoms with van der Waals surface area (Å²) in [5.41, 5.74) is 1.68. The average Bonchev–Trinajstić information content (AvgIpc) is 3.18. The van der Waals surface area contributed by atoms with E-state index in [9.17, 15) is 14.7 Å². The Labute approximate surface area is 156 Å². The second kappa shape index (κ2) is 7.85. The maximum absolute atomic E-state index is 12.7. The second-order valence-corrected chi connectivity index (χ2v) is 7.12. The van der Waals surface area contributed by atoms with Crippen molar-refractivity contribution in [3.05, 3.63) is 63.4 Å². The van der Waals surface area contributed by atoms with Gasteiger partial charge in [0.05, 0.1) is 11.6 Å². The van der Waals surface area contributed by atoms with Crippen LogP contribution in [0.1, 0.15) is 28.5 Å². The number of ketones is 1. The number of carbonyl (C=O) groups is 2. The third-order valence-electron chi connectivity index (χ3n) is 4.48. The van der Waals surface area contributed by atoms with Crippen molar-refractivity contribution in [2.24, 2.45) is 0 Å². The highest BCUT2D eigenvalue weighted by atomic mass is 32.1. The minimum atomic E-state index is -0.637. The smallest absolute Gasteiger partial charge is 0.295 e. The lowest BCUT2D eigenvalue weighted by molar-refractivity contribution is -0.140. The van der Waals surface area contributed by atoms with E-state index in [0.717, 1.165) is 10.4 Å². The van der Waals surface area contributed by atoms with E-state index >= 15 is 0 Å². The van der Waals surface area contributed by atoms with Crippen LogP contribution in [0.3, 0.4) is 0 Å². The van der Waals surface area contributed by atoms with Crippen LogP contribution in [0.15, 0.2) is 47.4 Å². The summed E-state index contributed by atoms with van der Waals surface area (Å²) in [6.07, 6.45) is 0.621. The summed E-state index contributed by atoms with van der Waals surface area (Å²) >= 11 is 1.49. The first-order chi connectivity index (χ1) is 12.6. The summed E-state index contributed by atoms with van der Waals surface area (Å²) in [6.45, 7) is 2.84. The van der Waals surface area contributed by atoms with Gasteiger partial charge >= 0.3 is 0 Å². The number of ether oxygens (including phenoxy) is 1. The van der Waals surface area contributed by atoms with Crippen LogP contribution in [0.5, 0.6) is 0 Å². The number of aryl methyl sites for hydroxylation is 1. The van der Waals surface area contributed by atoms with Gasteiger partial charge in [-0.2, -0.15) is 0 Å². The van der Waals surface area contributed by atoms with Crippen molar-refractivity contribution in [1.82, 2.24) is 4.90 Å². The van der Waals surface area contributed by atoms with E-state index in [2.05, 4.69) is 0 Å². The number of Topliss-reactive ketones (excluding diaryl/α,β-unsaturated/α-hetero) is 1. The first-order valence-electron chi connectivity index (χ1n) is 8.43. The number of hydrogen-bond donors (Lipinski definition) is 1. The van der Waals surface area contributed by atoms with Crippen molar-refractivity contribution in [3.63, 3.8) is 0 Å². The van der Waals surface area contributed by atoms with Gasteiger partial charge in [0, 0.05) is 30.7 Å². The number of likely N-dealkylation sites (tertiary alicyclic amines) is 1. The molecule has 0 spiro atoms. The maximum atomic E-state index is 12.7. The highest BCUT2D eigenvalue weighted by Crippen LogP contribution is 2.42. The molecular weight excluding hydrogens is 350 g/mol. The SMILES string of the molecule is COCCCN1C(=O)C(=O)/C(=C(\O)c2ccccc2)C1c1sccc1C. The molecule has 1 N–H and O–H groups in total. The largest absolute Gasteiger partial charge is 0.507 e. The molecule has 1 aliphatic rings. The van der Waals surface area contributed by atoms with E-state index in [0.29, 0.717) is 25.1 Å². The van der Waals surface area contributed by atoms with E-state index in [4.69, 9.17) is 4.74 Å². The van der Waals surface area contributed by atoms with E-state index in [1.54, 1.807) is 36.3 Å². The lowest BCUT2D eigenvalue weighted by atomic mass is 9.98. The Morgan fingerprint density at radius 1 is 1.23 bits per heavy atom. The normalized spacial score (nSPS) is 19.3. The summed E-state index contributed by atoms with van der Waals surface area (Å²) in [5, 5.41) is 12.8. The molecule has 6 heteroatoms. The number of rotatable bonds is 6. The highest BCUT2D eigenvalue weighted by molar-refractivity contribution is 7.10. The predicted molar refractivity (Wildman–Crippen MR) is 101 cm³/mol. The molecule has 0 radical (unpaired) electrons. The van der Waals surface area contributed by atoms with Gasteiger partial charge in [-0.05, 0) is 30.4 Å². The van der Waals surface area contributed by atoms with Crippen molar-refractivity contribution >= 4 is 28.8 Å². The molecular formula is C20H21NO4S. The first-order valence-corrected chi connectivity index (χ1v) is 9.31. The van der Waals surface area contributed by atoms with Crippen LogP contribution in [0, 0.1) is 6.92 Å². The molecule has 0 aliphatic carbocycles. The van der Waals surface area contributed by atoms with E-state index in [1.165, 1.54) is 11.3 Å². The minimum Gasteiger partial charge on any atom is -0.507 e. The second-order valence-electron chi connectivity index (χ2n) is 6.17. The van der Waals surface area contributed by atoms with Crippen molar-refractivity contribution in [2.45, 2.75) is 19.4 Å². The monoisotopic (exact) mass is 371 g/mol. The minimum absolute atomic E-state index is 0.129. The number of benzene rings is 1. The number of nitrogens with zero attached hydrogens (tertiary/aromatic N) is 1. The molecule has 1 amide bonds. The number of hydrogen-bond acceptors (Lipinski definition) is 5. The van der Waals surface area contributed by atoms with Crippen LogP contribution in [0.25, 0.3) is 5.76 Å². The Kier molecular flexibility index (Phi) is 5.54. The van der Waals surface area contributed by atoms with Crippen LogP contribution >= 0.6 is 11.3 Å². The van der Waals surface area contributed by atoms with Crippen molar-refractivity contribution in [2.75, 3.05) is 20.3 Å². The first kappa shape index (κ1) is 18.4. The fraction of sp³-hybridized carbons (Fsp3) is 0.300. The zero-order valence-corrected chi connectivity index (χ0v) is 15.6.